The summed E-state index contributed by atoms with van der Waals surface area (Å²) >= 11 is 0. The van der Waals surface area contributed by atoms with Crippen molar-refractivity contribution in [3.05, 3.63) is 11.6 Å². The van der Waals surface area contributed by atoms with Gasteiger partial charge in [0.1, 0.15) is 0 Å². The van der Waals surface area contributed by atoms with E-state index in [2.05, 4.69) is 40.7 Å². The summed E-state index contributed by atoms with van der Waals surface area (Å²) in [6.45, 7) is 13.5. The average molecular weight is 306 g/mol. The zero-order valence-corrected chi connectivity index (χ0v) is 15.2. The Labute approximate surface area is 136 Å². The summed E-state index contributed by atoms with van der Waals surface area (Å²) in [6, 6.07) is 0. The third-order valence-electron chi connectivity index (χ3n) is 7.10. The number of allylic oxidation sites excluding steroid dienone is 2. The molecule has 2 heteroatoms. The molecule has 3 atom stereocenters. The van der Waals surface area contributed by atoms with Gasteiger partial charge in [-0.05, 0) is 61.7 Å². The molecule has 0 bridgehead atoms. The molecule has 22 heavy (non-hydrogen) atoms. The number of ether oxygens (including phenoxy) is 2. The van der Waals surface area contributed by atoms with E-state index in [1.807, 2.05) is 0 Å². The molecule has 2 nitrogen and oxygen atoms in total. The maximum atomic E-state index is 5.85. The minimum Gasteiger partial charge on any atom is -0.348 e. The van der Waals surface area contributed by atoms with Crippen molar-refractivity contribution in [1.29, 1.82) is 0 Å². The van der Waals surface area contributed by atoms with Gasteiger partial charge < -0.3 is 9.47 Å². The van der Waals surface area contributed by atoms with Gasteiger partial charge in [-0.2, -0.15) is 0 Å². The van der Waals surface area contributed by atoms with Crippen LogP contribution in [0.4, 0.5) is 0 Å². The molecule has 0 aromatic carbocycles. The lowest BCUT2D eigenvalue weighted by atomic mass is 9.52. The third kappa shape index (κ3) is 2.78. The number of rotatable bonds is 3. The monoisotopic (exact) mass is 306 g/mol. The lowest BCUT2D eigenvalue weighted by molar-refractivity contribution is -0.152. The molecule has 1 aliphatic heterocycles. The van der Waals surface area contributed by atoms with E-state index in [-0.39, 0.29) is 5.79 Å². The van der Waals surface area contributed by atoms with Crippen LogP contribution < -0.4 is 0 Å². The van der Waals surface area contributed by atoms with Crippen LogP contribution in [0.25, 0.3) is 0 Å². The Morgan fingerprint density at radius 1 is 1.05 bits per heavy atom. The highest BCUT2D eigenvalue weighted by Gasteiger charge is 2.48. The van der Waals surface area contributed by atoms with Crippen LogP contribution >= 0.6 is 0 Å². The van der Waals surface area contributed by atoms with Crippen molar-refractivity contribution in [2.75, 3.05) is 13.2 Å². The smallest absolute Gasteiger partial charge is 0.165 e. The molecular formula is C20H34O2. The van der Waals surface area contributed by atoms with E-state index in [4.69, 9.17) is 9.47 Å². The normalized spacial score (nSPS) is 40.1. The predicted molar refractivity (Wildman–Crippen MR) is 90.6 cm³/mol. The standard InChI is InChI=1S/C20H34O2/c1-15-8-9-16-17(7-6-10-18(16,2)3)19(15,4)11-12-20(5)21-13-14-22-20/h7,15-16H,6,8-14H2,1-5H3/t15?,16-,19-/m0/s1. The Hall–Kier alpha value is -0.340. The molecule has 1 unspecified atom stereocenters. The van der Waals surface area contributed by atoms with Gasteiger partial charge in [0.25, 0.3) is 0 Å². The summed E-state index contributed by atoms with van der Waals surface area (Å²) < 4.78 is 11.7. The van der Waals surface area contributed by atoms with Crippen molar-refractivity contribution in [3.8, 4) is 0 Å². The zero-order valence-electron chi connectivity index (χ0n) is 15.2. The minimum absolute atomic E-state index is 0.318. The van der Waals surface area contributed by atoms with Crippen LogP contribution in [0.1, 0.15) is 73.1 Å². The van der Waals surface area contributed by atoms with Gasteiger partial charge in [0, 0.05) is 6.42 Å². The summed E-state index contributed by atoms with van der Waals surface area (Å²) in [6.07, 6.45) is 10.1. The van der Waals surface area contributed by atoms with E-state index in [0.717, 1.165) is 31.5 Å². The second-order valence-corrected chi connectivity index (χ2v) is 8.97. The first kappa shape index (κ1) is 16.5. The summed E-state index contributed by atoms with van der Waals surface area (Å²) in [7, 11) is 0. The van der Waals surface area contributed by atoms with Gasteiger partial charge in [-0.25, -0.2) is 0 Å². The molecule has 0 spiro atoms. The molecule has 2 fully saturated rings. The molecule has 2 aliphatic carbocycles. The molecule has 0 N–H and O–H groups in total. The zero-order chi connectivity index (χ0) is 16.0. The Bertz CT molecular complexity index is 445. The van der Waals surface area contributed by atoms with E-state index in [0.29, 0.717) is 10.8 Å². The Morgan fingerprint density at radius 3 is 2.41 bits per heavy atom. The van der Waals surface area contributed by atoms with Crippen molar-refractivity contribution in [2.24, 2.45) is 22.7 Å². The highest BCUT2D eigenvalue weighted by Crippen LogP contribution is 2.58. The van der Waals surface area contributed by atoms with E-state index in [9.17, 15) is 0 Å². The molecular weight excluding hydrogens is 272 g/mol. The summed E-state index contributed by atoms with van der Waals surface area (Å²) in [5.41, 5.74) is 2.54. The molecule has 0 aromatic rings. The maximum absolute atomic E-state index is 5.85. The van der Waals surface area contributed by atoms with Crippen LogP contribution in [0.3, 0.4) is 0 Å². The van der Waals surface area contributed by atoms with Crippen molar-refractivity contribution >= 4 is 0 Å². The summed E-state index contributed by atoms with van der Waals surface area (Å²) in [4.78, 5) is 0. The Morgan fingerprint density at radius 2 is 1.73 bits per heavy atom. The maximum Gasteiger partial charge on any atom is 0.165 e. The molecule has 1 saturated heterocycles. The van der Waals surface area contributed by atoms with E-state index >= 15 is 0 Å². The van der Waals surface area contributed by atoms with Gasteiger partial charge in [-0.1, -0.05) is 39.3 Å². The minimum atomic E-state index is -0.347. The van der Waals surface area contributed by atoms with Crippen molar-refractivity contribution in [3.63, 3.8) is 0 Å². The fourth-order valence-corrected chi connectivity index (χ4v) is 5.11. The van der Waals surface area contributed by atoms with Gasteiger partial charge in [0.2, 0.25) is 0 Å². The van der Waals surface area contributed by atoms with E-state index in [1.165, 1.54) is 32.1 Å². The van der Waals surface area contributed by atoms with Crippen molar-refractivity contribution < 1.29 is 9.47 Å². The molecule has 1 heterocycles. The molecule has 1 saturated carbocycles. The van der Waals surface area contributed by atoms with E-state index in [1.54, 1.807) is 5.57 Å². The molecule has 126 valence electrons. The molecule has 3 aliphatic rings. The van der Waals surface area contributed by atoms with Gasteiger partial charge in [0.05, 0.1) is 13.2 Å². The van der Waals surface area contributed by atoms with Crippen LogP contribution in [-0.4, -0.2) is 19.0 Å². The fourth-order valence-electron chi connectivity index (χ4n) is 5.11. The second kappa shape index (κ2) is 5.63. The number of fused-ring (bicyclic) bond motifs is 1. The highest BCUT2D eigenvalue weighted by molar-refractivity contribution is 5.25. The predicted octanol–water partition coefficient (Wildman–Crippen LogP) is 5.33. The van der Waals surface area contributed by atoms with Gasteiger partial charge in [-0.3, -0.25) is 0 Å². The van der Waals surface area contributed by atoms with Gasteiger partial charge >= 0.3 is 0 Å². The van der Waals surface area contributed by atoms with Gasteiger partial charge in [-0.15, -0.1) is 0 Å². The first-order valence-corrected chi connectivity index (χ1v) is 9.25. The third-order valence-corrected chi connectivity index (χ3v) is 7.10. The van der Waals surface area contributed by atoms with Crippen LogP contribution in [-0.2, 0) is 9.47 Å². The first-order chi connectivity index (χ1) is 10.3. The Balaban J connectivity index is 1.81. The SMILES string of the molecule is CC1CC[C@H]2C(=CCCC2(C)C)[C@@]1(C)CCC1(C)OCCO1. The fraction of sp³-hybridized carbons (Fsp3) is 0.900. The highest BCUT2D eigenvalue weighted by atomic mass is 16.7. The lowest BCUT2D eigenvalue weighted by Gasteiger charge is -2.53. The molecule has 0 aromatic heterocycles. The van der Waals surface area contributed by atoms with Crippen molar-refractivity contribution in [2.45, 2.75) is 78.9 Å². The van der Waals surface area contributed by atoms with Gasteiger partial charge in [0.15, 0.2) is 5.79 Å². The quantitative estimate of drug-likeness (QED) is 0.656. The largest absolute Gasteiger partial charge is 0.348 e. The number of hydrogen-bond acceptors (Lipinski definition) is 2. The Kier molecular flexibility index (Phi) is 4.23. The first-order valence-electron chi connectivity index (χ1n) is 9.25. The molecule has 0 amide bonds. The lowest BCUT2D eigenvalue weighted by Crippen LogP contribution is -2.44. The average Bonchev–Trinajstić information content (AvgIpc) is 2.88. The van der Waals surface area contributed by atoms with Crippen LogP contribution in [0.5, 0.6) is 0 Å². The van der Waals surface area contributed by atoms with Crippen molar-refractivity contribution in [1.82, 2.24) is 0 Å². The van der Waals surface area contributed by atoms with Crippen LogP contribution in [0.15, 0.2) is 11.6 Å². The van der Waals surface area contributed by atoms with E-state index < -0.39 is 0 Å². The summed E-state index contributed by atoms with van der Waals surface area (Å²) in [5, 5.41) is 0. The van der Waals surface area contributed by atoms with Crippen LogP contribution in [0.2, 0.25) is 0 Å². The van der Waals surface area contributed by atoms with Crippen LogP contribution in [0, 0.1) is 22.7 Å². The molecule has 3 rings (SSSR count). The topological polar surface area (TPSA) is 18.5 Å². The summed E-state index contributed by atoms with van der Waals surface area (Å²) in [5.74, 6) is 1.19. The number of hydrogen-bond donors (Lipinski definition) is 0. The second-order valence-electron chi connectivity index (χ2n) is 8.97. The molecule has 0 radical (unpaired) electrons.